The van der Waals surface area contributed by atoms with Gasteiger partial charge in [-0.1, -0.05) is 43.0 Å². The molecular formula is C16H19Cl2NO. The van der Waals surface area contributed by atoms with E-state index in [0.717, 1.165) is 19.3 Å². The van der Waals surface area contributed by atoms with Crippen LogP contribution in [0.4, 0.5) is 0 Å². The number of benzene rings is 1. The SMILES string of the molecule is CCCC1CCC(C#N)C(Oc2ccc(Cl)cc2Cl)C1. The van der Waals surface area contributed by atoms with Gasteiger partial charge in [0.25, 0.3) is 0 Å². The molecule has 20 heavy (non-hydrogen) atoms. The second-order valence-electron chi connectivity index (χ2n) is 5.43. The van der Waals surface area contributed by atoms with E-state index in [1.54, 1.807) is 18.2 Å². The molecule has 0 spiro atoms. The fourth-order valence-corrected chi connectivity index (χ4v) is 3.35. The highest BCUT2D eigenvalue weighted by atomic mass is 35.5. The average molecular weight is 312 g/mol. The summed E-state index contributed by atoms with van der Waals surface area (Å²) in [5, 5.41) is 10.4. The largest absolute Gasteiger partial charge is 0.487 e. The van der Waals surface area contributed by atoms with Gasteiger partial charge in [0, 0.05) is 5.02 Å². The zero-order chi connectivity index (χ0) is 14.5. The second-order valence-corrected chi connectivity index (χ2v) is 6.28. The van der Waals surface area contributed by atoms with Gasteiger partial charge in [-0.25, -0.2) is 0 Å². The van der Waals surface area contributed by atoms with Gasteiger partial charge in [0.1, 0.15) is 11.9 Å². The summed E-state index contributed by atoms with van der Waals surface area (Å²) in [7, 11) is 0. The van der Waals surface area contributed by atoms with Crippen molar-refractivity contribution in [3.8, 4) is 11.8 Å². The van der Waals surface area contributed by atoms with Crippen molar-refractivity contribution in [3.63, 3.8) is 0 Å². The van der Waals surface area contributed by atoms with Gasteiger partial charge in [-0.2, -0.15) is 5.26 Å². The van der Waals surface area contributed by atoms with E-state index in [2.05, 4.69) is 13.0 Å². The van der Waals surface area contributed by atoms with E-state index < -0.39 is 0 Å². The molecule has 1 saturated carbocycles. The Bertz CT molecular complexity index is 498. The van der Waals surface area contributed by atoms with Crippen LogP contribution in [0.5, 0.6) is 5.75 Å². The summed E-state index contributed by atoms with van der Waals surface area (Å²) in [5.74, 6) is 1.23. The molecular weight excluding hydrogens is 293 g/mol. The molecule has 0 radical (unpaired) electrons. The first-order chi connectivity index (χ1) is 9.63. The van der Waals surface area contributed by atoms with Crippen LogP contribution in [0.15, 0.2) is 18.2 Å². The Kier molecular flexibility index (Phi) is 5.57. The lowest BCUT2D eigenvalue weighted by atomic mass is 9.78. The maximum absolute atomic E-state index is 9.28. The van der Waals surface area contributed by atoms with Crippen LogP contribution in [0.3, 0.4) is 0 Å². The van der Waals surface area contributed by atoms with Crippen LogP contribution >= 0.6 is 23.2 Å². The van der Waals surface area contributed by atoms with Gasteiger partial charge in [-0.3, -0.25) is 0 Å². The molecule has 4 heteroatoms. The maximum atomic E-state index is 9.28. The van der Waals surface area contributed by atoms with E-state index in [0.29, 0.717) is 21.7 Å². The normalized spacial score (nSPS) is 26.0. The first kappa shape index (κ1) is 15.5. The molecule has 2 rings (SSSR count). The highest BCUT2D eigenvalue weighted by molar-refractivity contribution is 6.35. The Balaban J connectivity index is 2.09. The van der Waals surface area contributed by atoms with E-state index in [1.165, 1.54) is 12.8 Å². The number of hydrogen-bond acceptors (Lipinski definition) is 2. The third-order valence-corrected chi connectivity index (χ3v) is 4.47. The minimum Gasteiger partial charge on any atom is -0.487 e. The summed E-state index contributed by atoms with van der Waals surface area (Å²) in [5.41, 5.74) is 0. The molecule has 3 atom stereocenters. The van der Waals surface area contributed by atoms with Crippen molar-refractivity contribution in [2.75, 3.05) is 0 Å². The van der Waals surface area contributed by atoms with Crippen LogP contribution in [-0.2, 0) is 0 Å². The molecule has 108 valence electrons. The first-order valence-electron chi connectivity index (χ1n) is 7.15. The fourth-order valence-electron chi connectivity index (χ4n) is 2.89. The lowest BCUT2D eigenvalue weighted by Crippen LogP contribution is -2.33. The number of hydrogen-bond donors (Lipinski definition) is 0. The molecule has 0 heterocycles. The Hall–Kier alpha value is -0.910. The van der Waals surface area contributed by atoms with Crippen molar-refractivity contribution in [3.05, 3.63) is 28.2 Å². The predicted octanol–water partition coefficient (Wildman–Crippen LogP) is 5.48. The predicted molar refractivity (Wildman–Crippen MR) is 82.2 cm³/mol. The van der Waals surface area contributed by atoms with Gasteiger partial charge in [-0.05, 0) is 43.4 Å². The highest BCUT2D eigenvalue weighted by Gasteiger charge is 2.32. The van der Waals surface area contributed by atoms with E-state index in [9.17, 15) is 5.26 Å². The van der Waals surface area contributed by atoms with Gasteiger partial charge in [-0.15, -0.1) is 0 Å². The number of ether oxygens (including phenoxy) is 1. The summed E-state index contributed by atoms with van der Waals surface area (Å²) in [6, 6.07) is 7.59. The Morgan fingerprint density at radius 3 is 2.80 bits per heavy atom. The maximum Gasteiger partial charge on any atom is 0.138 e. The van der Waals surface area contributed by atoms with Crippen LogP contribution in [0.25, 0.3) is 0 Å². The van der Waals surface area contributed by atoms with Gasteiger partial charge >= 0.3 is 0 Å². The Morgan fingerprint density at radius 2 is 2.15 bits per heavy atom. The Labute approximate surface area is 130 Å². The molecule has 0 aliphatic heterocycles. The minimum absolute atomic E-state index is 0.0464. The quantitative estimate of drug-likeness (QED) is 0.737. The molecule has 1 aliphatic carbocycles. The summed E-state index contributed by atoms with van der Waals surface area (Å²) in [6.45, 7) is 2.20. The van der Waals surface area contributed by atoms with E-state index >= 15 is 0 Å². The molecule has 1 aromatic carbocycles. The van der Waals surface area contributed by atoms with E-state index in [1.807, 2.05) is 0 Å². The zero-order valence-corrected chi connectivity index (χ0v) is 13.1. The monoisotopic (exact) mass is 311 g/mol. The molecule has 0 amide bonds. The third-order valence-electron chi connectivity index (χ3n) is 3.94. The molecule has 1 fully saturated rings. The van der Waals surface area contributed by atoms with Crippen molar-refractivity contribution >= 4 is 23.2 Å². The van der Waals surface area contributed by atoms with E-state index in [4.69, 9.17) is 27.9 Å². The second kappa shape index (κ2) is 7.20. The average Bonchev–Trinajstić information content (AvgIpc) is 2.43. The smallest absolute Gasteiger partial charge is 0.138 e. The topological polar surface area (TPSA) is 33.0 Å². The van der Waals surface area contributed by atoms with Crippen LogP contribution in [0.2, 0.25) is 10.0 Å². The van der Waals surface area contributed by atoms with Crippen molar-refractivity contribution in [1.29, 1.82) is 5.26 Å². The lowest BCUT2D eigenvalue weighted by Gasteiger charge is -2.33. The summed E-state index contributed by atoms with van der Waals surface area (Å²) in [4.78, 5) is 0. The standard InChI is InChI=1S/C16H19Cl2NO/c1-2-3-11-4-5-12(10-19)16(8-11)20-15-7-6-13(17)9-14(15)18/h6-7,9,11-12,16H,2-5,8H2,1H3. The highest BCUT2D eigenvalue weighted by Crippen LogP contribution is 2.36. The van der Waals surface area contributed by atoms with Crippen LogP contribution in [0.1, 0.15) is 39.0 Å². The van der Waals surface area contributed by atoms with Crippen molar-refractivity contribution in [2.24, 2.45) is 11.8 Å². The van der Waals surface area contributed by atoms with Crippen LogP contribution in [-0.4, -0.2) is 6.10 Å². The molecule has 2 nitrogen and oxygen atoms in total. The van der Waals surface area contributed by atoms with Crippen molar-refractivity contribution in [2.45, 2.75) is 45.1 Å². The third kappa shape index (κ3) is 3.81. The van der Waals surface area contributed by atoms with E-state index in [-0.39, 0.29) is 12.0 Å². The number of rotatable bonds is 4. The number of nitriles is 1. The molecule has 1 aliphatic rings. The van der Waals surface area contributed by atoms with Crippen molar-refractivity contribution < 1.29 is 4.74 Å². The summed E-state index contributed by atoms with van der Waals surface area (Å²) in [6.07, 6.45) is 5.29. The summed E-state index contributed by atoms with van der Waals surface area (Å²) < 4.78 is 6.01. The van der Waals surface area contributed by atoms with Gasteiger partial charge < -0.3 is 4.74 Å². The van der Waals surface area contributed by atoms with Gasteiger partial charge in [0.15, 0.2) is 0 Å². The van der Waals surface area contributed by atoms with Crippen LogP contribution < -0.4 is 4.74 Å². The zero-order valence-electron chi connectivity index (χ0n) is 11.6. The van der Waals surface area contributed by atoms with Crippen LogP contribution in [0, 0.1) is 23.2 Å². The minimum atomic E-state index is -0.0658. The molecule has 0 saturated heterocycles. The molecule has 0 N–H and O–H groups in total. The molecule has 3 unspecified atom stereocenters. The fraction of sp³-hybridized carbons (Fsp3) is 0.562. The first-order valence-corrected chi connectivity index (χ1v) is 7.91. The number of nitrogens with zero attached hydrogens (tertiary/aromatic N) is 1. The molecule has 0 bridgehead atoms. The number of halogens is 2. The van der Waals surface area contributed by atoms with Gasteiger partial charge in [0.2, 0.25) is 0 Å². The molecule has 0 aromatic heterocycles. The lowest BCUT2D eigenvalue weighted by molar-refractivity contribution is 0.0876. The molecule has 1 aromatic rings. The van der Waals surface area contributed by atoms with Gasteiger partial charge in [0.05, 0.1) is 17.0 Å². The Morgan fingerprint density at radius 1 is 1.35 bits per heavy atom. The summed E-state index contributed by atoms with van der Waals surface area (Å²) >= 11 is 12.0. The van der Waals surface area contributed by atoms with Crippen molar-refractivity contribution in [1.82, 2.24) is 0 Å².